The van der Waals surface area contributed by atoms with Gasteiger partial charge in [0.2, 0.25) is 0 Å². The molecule has 0 unspecified atom stereocenters. The second-order valence-electron chi connectivity index (χ2n) is 6.07. The quantitative estimate of drug-likeness (QED) is 0.425. The third kappa shape index (κ3) is 5.67. The number of carbonyl (C=O) groups is 1. The summed E-state index contributed by atoms with van der Waals surface area (Å²) in [4.78, 5) is 22.0. The van der Waals surface area contributed by atoms with E-state index >= 15 is 0 Å². The Labute approximate surface area is 153 Å². The molecule has 2 rings (SSSR count). The Morgan fingerprint density at radius 2 is 2.12 bits per heavy atom. The van der Waals surface area contributed by atoms with Gasteiger partial charge in [-0.1, -0.05) is 6.07 Å². The predicted molar refractivity (Wildman–Crippen MR) is 103 cm³/mol. The first-order valence-corrected chi connectivity index (χ1v) is 9.18. The fourth-order valence-electron chi connectivity index (χ4n) is 2.27. The van der Waals surface area contributed by atoms with E-state index in [2.05, 4.69) is 42.9 Å². The van der Waals surface area contributed by atoms with E-state index in [0.717, 1.165) is 34.9 Å². The molecule has 5 nitrogen and oxygen atoms in total. The summed E-state index contributed by atoms with van der Waals surface area (Å²) in [7, 11) is 2.01. The third-order valence-corrected chi connectivity index (χ3v) is 4.81. The number of aryl methyl sites for hydroxylation is 2. The fourth-order valence-corrected chi connectivity index (χ4v) is 3.07. The van der Waals surface area contributed by atoms with Crippen molar-refractivity contribution in [3.63, 3.8) is 0 Å². The van der Waals surface area contributed by atoms with Crippen molar-refractivity contribution < 1.29 is 9.53 Å². The minimum Gasteiger partial charge on any atom is -0.459 e. The number of esters is 1. The van der Waals surface area contributed by atoms with E-state index in [1.807, 2.05) is 23.7 Å². The minimum atomic E-state index is -0.286. The van der Waals surface area contributed by atoms with Gasteiger partial charge in [-0.3, -0.25) is 4.79 Å². The van der Waals surface area contributed by atoms with Crippen molar-refractivity contribution in [2.45, 2.75) is 40.7 Å². The number of carbonyl (C=O) groups excluding carboxylic acids is 1. The van der Waals surface area contributed by atoms with Crippen LogP contribution in [0.1, 0.15) is 41.2 Å². The van der Waals surface area contributed by atoms with Gasteiger partial charge in [0.1, 0.15) is 6.61 Å². The first-order chi connectivity index (χ1) is 11.9. The van der Waals surface area contributed by atoms with Crippen molar-refractivity contribution >= 4 is 29.3 Å². The number of rotatable bonds is 7. The maximum absolute atomic E-state index is 10.9. The van der Waals surface area contributed by atoms with Crippen LogP contribution in [0.4, 0.5) is 5.69 Å². The number of benzene rings is 1. The predicted octanol–water partition coefficient (Wildman–Crippen LogP) is 4.03. The molecule has 0 bridgehead atoms. The summed E-state index contributed by atoms with van der Waals surface area (Å²) in [6, 6.07) is 4.30. The molecule has 0 spiro atoms. The van der Waals surface area contributed by atoms with Crippen LogP contribution in [0.2, 0.25) is 0 Å². The van der Waals surface area contributed by atoms with E-state index in [0.29, 0.717) is 0 Å². The molecule has 0 aliphatic heterocycles. The van der Waals surface area contributed by atoms with Crippen LogP contribution in [-0.2, 0) is 22.6 Å². The third-order valence-electron chi connectivity index (χ3n) is 3.91. The zero-order chi connectivity index (χ0) is 18.4. The van der Waals surface area contributed by atoms with E-state index in [1.165, 1.54) is 18.1 Å². The van der Waals surface area contributed by atoms with Crippen LogP contribution in [0.5, 0.6) is 0 Å². The lowest BCUT2D eigenvalue weighted by Gasteiger charge is -2.11. The van der Waals surface area contributed by atoms with Crippen LogP contribution in [-0.4, -0.2) is 35.8 Å². The lowest BCUT2D eigenvalue weighted by Crippen LogP contribution is -2.14. The second kappa shape index (κ2) is 8.76. The summed E-state index contributed by atoms with van der Waals surface area (Å²) in [5, 5.41) is 2.96. The van der Waals surface area contributed by atoms with Crippen LogP contribution in [0.25, 0.3) is 0 Å². The van der Waals surface area contributed by atoms with Gasteiger partial charge >= 0.3 is 5.97 Å². The lowest BCUT2D eigenvalue weighted by molar-refractivity contribution is -0.142. The number of nitrogens with zero attached hydrogens (tertiary/aromatic N) is 3. The number of thiazole rings is 1. The normalized spacial score (nSPS) is 11.1. The molecule has 1 aromatic heterocycles. The molecule has 2 aromatic rings. The van der Waals surface area contributed by atoms with E-state index in [1.54, 1.807) is 11.3 Å². The van der Waals surface area contributed by atoms with Crippen molar-refractivity contribution in [1.29, 1.82) is 0 Å². The average Bonchev–Trinajstić information content (AvgIpc) is 3.02. The van der Waals surface area contributed by atoms with Crippen LogP contribution in [0.15, 0.2) is 22.5 Å². The Bertz CT molecular complexity index is 768. The van der Waals surface area contributed by atoms with Gasteiger partial charge in [0, 0.05) is 32.3 Å². The van der Waals surface area contributed by atoms with Gasteiger partial charge in [-0.05, 0) is 43.5 Å². The van der Waals surface area contributed by atoms with E-state index < -0.39 is 0 Å². The molecule has 0 saturated heterocycles. The molecule has 25 heavy (non-hydrogen) atoms. The number of hydrogen-bond acceptors (Lipinski definition) is 5. The standard InChI is InChI=1S/C19H25N3O2S/c1-6-22(5)12-20-18-8-13(2)16(7-14(18)3)9-19-21-17(11-25-19)10-24-15(4)23/h7-8,11-12H,6,9-10H2,1-5H3/b20-12+. The zero-order valence-corrected chi connectivity index (χ0v) is 16.3. The summed E-state index contributed by atoms with van der Waals surface area (Å²) in [5.41, 5.74) is 5.39. The lowest BCUT2D eigenvalue weighted by atomic mass is 10.0. The Morgan fingerprint density at radius 3 is 2.80 bits per heavy atom. The van der Waals surface area contributed by atoms with Crippen LogP contribution in [0, 0.1) is 13.8 Å². The smallest absolute Gasteiger partial charge is 0.303 e. The van der Waals surface area contributed by atoms with E-state index in [-0.39, 0.29) is 12.6 Å². The molecule has 0 radical (unpaired) electrons. The minimum absolute atomic E-state index is 0.239. The van der Waals surface area contributed by atoms with Gasteiger partial charge in [-0.15, -0.1) is 11.3 Å². The molecule has 1 heterocycles. The molecule has 0 atom stereocenters. The maximum Gasteiger partial charge on any atom is 0.303 e. The highest BCUT2D eigenvalue weighted by molar-refractivity contribution is 7.09. The van der Waals surface area contributed by atoms with E-state index in [9.17, 15) is 4.79 Å². The van der Waals surface area contributed by atoms with Gasteiger partial charge in [0.15, 0.2) is 0 Å². The molecule has 134 valence electrons. The topological polar surface area (TPSA) is 54.8 Å². The molecule has 0 fully saturated rings. The summed E-state index contributed by atoms with van der Waals surface area (Å²) in [6.45, 7) is 8.85. The molecular weight excluding hydrogens is 334 g/mol. The molecule has 0 aliphatic rings. The Kier molecular flexibility index (Phi) is 6.70. The molecule has 0 saturated carbocycles. The zero-order valence-electron chi connectivity index (χ0n) is 15.5. The number of aliphatic imine (C=N–C) groups is 1. The van der Waals surface area contributed by atoms with Crippen molar-refractivity contribution in [3.8, 4) is 0 Å². The number of ether oxygens (including phenoxy) is 1. The Hall–Kier alpha value is -2.21. The highest BCUT2D eigenvalue weighted by Crippen LogP contribution is 2.26. The van der Waals surface area contributed by atoms with Gasteiger partial charge in [0.05, 0.1) is 22.7 Å². The highest BCUT2D eigenvalue weighted by Gasteiger charge is 2.09. The molecule has 0 aliphatic carbocycles. The molecule has 0 N–H and O–H groups in total. The summed E-state index contributed by atoms with van der Waals surface area (Å²) >= 11 is 1.59. The van der Waals surface area contributed by atoms with E-state index in [4.69, 9.17) is 4.74 Å². The maximum atomic E-state index is 10.9. The number of aromatic nitrogens is 1. The van der Waals surface area contributed by atoms with Gasteiger partial charge in [0.25, 0.3) is 0 Å². The largest absolute Gasteiger partial charge is 0.459 e. The molecule has 0 amide bonds. The average molecular weight is 359 g/mol. The molecular formula is C19H25N3O2S. The second-order valence-corrected chi connectivity index (χ2v) is 7.02. The SMILES string of the molecule is CCN(C)/C=N/c1cc(C)c(Cc2nc(COC(C)=O)cs2)cc1C. The van der Waals surface area contributed by atoms with Crippen molar-refractivity contribution in [3.05, 3.63) is 44.9 Å². The van der Waals surface area contributed by atoms with Crippen LogP contribution >= 0.6 is 11.3 Å². The van der Waals surface area contributed by atoms with Crippen LogP contribution in [0.3, 0.4) is 0 Å². The monoisotopic (exact) mass is 359 g/mol. The first-order valence-electron chi connectivity index (χ1n) is 8.30. The van der Waals surface area contributed by atoms with Gasteiger partial charge in [-0.25, -0.2) is 9.98 Å². The highest BCUT2D eigenvalue weighted by atomic mass is 32.1. The van der Waals surface area contributed by atoms with Gasteiger partial charge in [-0.2, -0.15) is 0 Å². The first kappa shape index (κ1) is 19.1. The van der Waals surface area contributed by atoms with Gasteiger partial charge < -0.3 is 9.64 Å². The fraction of sp³-hybridized carbons (Fsp3) is 0.421. The Balaban J connectivity index is 2.11. The summed E-state index contributed by atoms with van der Waals surface area (Å²) < 4.78 is 4.99. The summed E-state index contributed by atoms with van der Waals surface area (Å²) in [6.07, 6.45) is 2.64. The van der Waals surface area contributed by atoms with Crippen molar-refractivity contribution in [2.24, 2.45) is 4.99 Å². The summed E-state index contributed by atoms with van der Waals surface area (Å²) in [5.74, 6) is -0.286. The van der Waals surface area contributed by atoms with Crippen LogP contribution < -0.4 is 0 Å². The molecule has 6 heteroatoms. The van der Waals surface area contributed by atoms with Crippen molar-refractivity contribution in [2.75, 3.05) is 13.6 Å². The van der Waals surface area contributed by atoms with Crippen molar-refractivity contribution in [1.82, 2.24) is 9.88 Å². The number of hydrogen-bond donors (Lipinski definition) is 0. The molecule has 1 aromatic carbocycles. The Morgan fingerprint density at radius 1 is 1.36 bits per heavy atom.